The van der Waals surface area contributed by atoms with Gasteiger partial charge in [-0.2, -0.15) is 9.67 Å². The molecule has 5 aliphatic rings. The molecule has 1 N–H and O–H groups in total. The van der Waals surface area contributed by atoms with Crippen LogP contribution in [0.4, 0.5) is 22.0 Å². The summed E-state index contributed by atoms with van der Waals surface area (Å²) in [5.74, 6) is 2.10. The number of hydrogen-bond donors (Lipinski definition) is 1. The number of ether oxygens (including phenoxy) is 3. The Morgan fingerprint density at radius 1 is 0.933 bits per heavy atom. The molecule has 5 aromatic rings. The molecule has 4 aliphatic carbocycles. The van der Waals surface area contributed by atoms with Gasteiger partial charge in [0.15, 0.2) is 18.4 Å². The van der Waals surface area contributed by atoms with Crippen LogP contribution in [-0.4, -0.2) is 85.2 Å². The number of hydrogen-bond acceptors (Lipinski definition) is 9. The van der Waals surface area contributed by atoms with Gasteiger partial charge in [0, 0.05) is 41.7 Å². The van der Waals surface area contributed by atoms with E-state index >= 15 is 0 Å². The fourth-order valence-corrected chi connectivity index (χ4v) is 10.6. The number of imidazole rings is 1. The predicted octanol–water partition coefficient (Wildman–Crippen LogP) is 8.58. The topological polar surface area (TPSA) is 132 Å². The van der Waals surface area contributed by atoms with Crippen molar-refractivity contribution in [1.29, 1.82) is 0 Å². The van der Waals surface area contributed by atoms with Crippen LogP contribution in [0.5, 0.6) is 0 Å². The molecule has 0 spiro atoms. The van der Waals surface area contributed by atoms with E-state index in [1.165, 1.54) is 45.6 Å². The lowest BCUT2D eigenvalue weighted by Gasteiger charge is -2.56. The van der Waals surface area contributed by atoms with E-state index < -0.39 is 17.5 Å². The fourth-order valence-electron chi connectivity index (χ4n) is 10.6. The average Bonchev–Trinajstić information content (AvgIpc) is 3.80. The molecule has 4 fully saturated rings. The molecule has 13 heteroatoms. The molecular formula is C47H54N7O6+. The quantitative estimate of drug-likeness (QED) is 0.0837. The number of carbonyl (C=O) groups is 3. The van der Waals surface area contributed by atoms with Gasteiger partial charge in [-0.15, -0.1) is 0 Å². The molecule has 2 aromatic carbocycles. The molecule has 1 amide bonds. The van der Waals surface area contributed by atoms with Crippen LogP contribution in [0.3, 0.4) is 0 Å². The van der Waals surface area contributed by atoms with Crippen LogP contribution in [0.2, 0.25) is 0 Å². The summed E-state index contributed by atoms with van der Waals surface area (Å²) < 4.78 is 22.7. The number of fused-ring (bicyclic) bond motifs is 1. The molecule has 0 unspecified atom stereocenters. The number of carbonyl (C=O) groups excluding carboxylic acids is 3. The maximum absolute atomic E-state index is 13.8. The van der Waals surface area contributed by atoms with Crippen molar-refractivity contribution < 1.29 is 33.2 Å². The van der Waals surface area contributed by atoms with E-state index in [1.807, 2.05) is 92.5 Å². The number of rotatable bonds is 10. The monoisotopic (exact) mass is 812 g/mol. The van der Waals surface area contributed by atoms with Crippen LogP contribution in [0.1, 0.15) is 91.3 Å². The van der Waals surface area contributed by atoms with Crippen molar-refractivity contribution in [3.8, 4) is 11.1 Å². The summed E-state index contributed by atoms with van der Waals surface area (Å²) in [6, 6.07) is 17.0. The summed E-state index contributed by atoms with van der Waals surface area (Å²) in [6.45, 7) is 10.0. The highest BCUT2D eigenvalue weighted by Crippen LogP contribution is 2.60. The molecule has 312 valence electrons. The number of nitrogens with zero attached hydrogens (tertiary/aromatic N) is 6. The van der Waals surface area contributed by atoms with Crippen LogP contribution in [0, 0.1) is 30.1 Å². The van der Waals surface area contributed by atoms with Gasteiger partial charge in [0.05, 0.1) is 37.3 Å². The number of nitrogens with one attached hydrogen (secondary N) is 1. The van der Waals surface area contributed by atoms with Crippen LogP contribution >= 0.6 is 0 Å². The zero-order valence-electron chi connectivity index (χ0n) is 35.1. The number of methoxy groups -OCH3 is 1. The zero-order valence-corrected chi connectivity index (χ0v) is 35.1. The normalized spacial score (nSPS) is 22.1. The van der Waals surface area contributed by atoms with E-state index in [1.54, 1.807) is 21.6 Å². The molecule has 3 aromatic heterocycles. The Morgan fingerprint density at radius 2 is 1.67 bits per heavy atom. The smallest absolute Gasteiger partial charge is 0.410 e. The van der Waals surface area contributed by atoms with Gasteiger partial charge in [-0.1, -0.05) is 30.3 Å². The molecule has 13 nitrogen and oxygen atoms in total. The van der Waals surface area contributed by atoms with Gasteiger partial charge in [-0.05, 0) is 107 Å². The lowest BCUT2D eigenvalue weighted by molar-refractivity contribution is -0.442. The molecule has 4 heterocycles. The minimum Gasteiger partial charge on any atom is -0.465 e. The highest BCUT2D eigenvalue weighted by molar-refractivity contribution is 6.04. The Hall–Kier alpha value is -5.98. The van der Waals surface area contributed by atoms with Gasteiger partial charge in [0.1, 0.15) is 30.1 Å². The number of esters is 2. The predicted molar refractivity (Wildman–Crippen MR) is 227 cm³/mol. The first-order valence-electron chi connectivity index (χ1n) is 21.2. The van der Waals surface area contributed by atoms with Crippen LogP contribution in [0.15, 0.2) is 73.2 Å². The second kappa shape index (κ2) is 15.6. The summed E-state index contributed by atoms with van der Waals surface area (Å²) in [5.41, 5.74) is 5.46. The summed E-state index contributed by atoms with van der Waals surface area (Å²) in [5, 5.41) is 8.32. The van der Waals surface area contributed by atoms with E-state index in [0.717, 1.165) is 46.8 Å². The standard InChI is InChI=1S/C47H53N7O6/c1-30-38(26-49-54(30)29-47-23-32-19-33(24-47)21-34(20-32)25-47)36-13-14-53-40(27-48-42(53)41(36)44(56)58-5)50-39-12-11-35(22-37(39)43(55)60-46(2,3)4)51-15-17-52(18-16-51)45(57)59-28-31-9-7-6-8-10-31/h6-15,22,26-27,32-34H,16-21,23-25,28-29H2,1-5H3/p+1. The van der Waals surface area contributed by atoms with Crippen molar-refractivity contribution in [3.05, 3.63) is 95.6 Å². The Bertz CT molecular complexity index is 2460. The first-order valence-corrected chi connectivity index (χ1v) is 21.2. The number of anilines is 2. The third-order valence-electron chi connectivity index (χ3n) is 12.9. The highest BCUT2D eigenvalue weighted by atomic mass is 16.6. The molecule has 0 radical (unpaired) electrons. The maximum atomic E-state index is 13.8. The Kier molecular flexibility index (Phi) is 10.2. The third-order valence-corrected chi connectivity index (χ3v) is 12.9. The Balaban J connectivity index is 0.978. The Morgan fingerprint density at radius 3 is 2.33 bits per heavy atom. The number of pyridine rings is 1. The minimum absolute atomic E-state index is 0.206. The average molecular weight is 813 g/mol. The molecular weight excluding hydrogens is 759 g/mol. The van der Waals surface area contributed by atoms with Gasteiger partial charge in [0.25, 0.3) is 0 Å². The van der Waals surface area contributed by atoms with Crippen molar-refractivity contribution in [2.24, 2.45) is 23.2 Å². The van der Waals surface area contributed by atoms with E-state index in [0.29, 0.717) is 58.9 Å². The summed E-state index contributed by atoms with van der Waals surface area (Å²) in [6.07, 6.45) is 15.0. The molecule has 1 aliphatic heterocycles. The second-order valence-corrected chi connectivity index (χ2v) is 18.4. The molecule has 0 saturated heterocycles. The largest absolute Gasteiger partial charge is 0.465 e. The van der Waals surface area contributed by atoms with Crippen LogP contribution in [0.25, 0.3) is 16.8 Å². The molecule has 4 saturated carbocycles. The zero-order chi connectivity index (χ0) is 41.8. The molecule has 0 atom stereocenters. The summed E-state index contributed by atoms with van der Waals surface area (Å²) >= 11 is 0. The van der Waals surface area contributed by atoms with Gasteiger partial charge in [-0.3, -0.25) is 14.0 Å². The van der Waals surface area contributed by atoms with Crippen molar-refractivity contribution >= 4 is 47.1 Å². The number of aromatic nitrogens is 4. The molecule has 4 bridgehead atoms. The van der Waals surface area contributed by atoms with Gasteiger partial charge < -0.3 is 19.5 Å². The van der Waals surface area contributed by atoms with Crippen molar-refractivity contribution in [2.45, 2.75) is 85.0 Å². The van der Waals surface area contributed by atoms with Gasteiger partial charge in [0.2, 0.25) is 5.69 Å². The van der Waals surface area contributed by atoms with E-state index in [-0.39, 0.29) is 12.7 Å². The minimum atomic E-state index is -0.738. The number of benzene rings is 2. The van der Waals surface area contributed by atoms with E-state index in [9.17, 15) is 14.4 Å². The van der Waals surface area contributed by atoms with Gasteiger partial charge >= 0.3 is 18.0 Å². The third kappa shape index (κ3) is 7.77. The maximum Gasteiger partial charge on any atom is 0.410 e. The van der Waals surface area contributed by atoms with Gasteiger partial charge in [-0.25, -0.2) is 19.4 Å². The fraction of sp³-hybridized carbons (Fsp3) is 0.447. The van der Waals surface area contributed by atoms with E-state index in [4.69, 9.17) is 24.3 Å². The first kappa shape index (κ1) is 39.5. The highest BCUT2D eigenvalue weighted by Gasteiger charge is 2.51. The number of amides is 1. The van der Waals surface area contributed by atoms with Crippen molar-refractivity contribution in [2.75, 3.05) is 32.1 Å². The second-order valence-electron chi connectivity index (χ2n) is 18.4. The molecule has 60 heavy (non-hydrogen) atoms. The summed E-state index contributed by atoms with van der Waals surface area (Å²) in [7, 11) is 1.38. The van der Waals surface area contributed by atoms with E-state index in [2.05, 4.69) is 16.9 Å². The lowest BCUT2D eigenvalue weighted by Crippen LogP contribution is -2.48. The first-order chi connectivity index (χ1) is 28.8. The van der Waals surface area contributed by atoms with Crippen LogP contribution < -0.4 is 5.32 Å². The van der Waals surface area contributed by atoms with Crippen molar-refractivity contribution in [1.82, 2.24) is 24.1 Å². The SMILES string of the molecule is COC(=O)c1c(-c2cnn(CC34CC5CC(CC(C5)C3)C4)c2C)ccn2c(Nc3ccc([N+]4=CCN(C(=O)OCc5ccccc5)CC4)cc3C(=O)OC(C)(C)C)cnc12. The van der Waals surface area contributed by atoms with Crippen LogP contribution in [-0.2, 0) is 27.4 Å². The summed E-state index contributed by atoms with van der Waals surface area (Å²) in [4.78, 5) is 46.6. The van der Waals surface area contributed by atoms with Crippen molar-refractivity contribution in [3.63, 3.8) is 0 Å². The Labute approximate surface area is 350 Å². The lowest BCUT2D eigenvalue weighted by atomic mass is 9.49. The molecule has 10 rings (SSSR count).